The van der Waals surface area contributed by atoms with Crippen LogP contribution in [0.1, 0.15) is 92.9 Å². The van der Waals surface area contributed by atoms with Crippen molar-refractivity contribution in [3.05, 3.63) is 144 Å². The maximum atomic E-state index is 12.3. The van der Waals surface area contributed by atoms with Crippen molar-refractivity contribution in [2.24, 2.45) is 0 Å². The summed E-state index contributed by atoms with van der Waals surface area (Å²) >= 11 is 0. The van der Waals surface area contributed by atoms with E-state index in [9.17, 15) is 39.6 Å². The van der Waals surface area contributed by atoms with Gasteiger partial charge in [-0.3, -0.25) is 0 Å². The van der Waals surface area contributed by atoms with E-state index >= 15 is 0 Å². The Morgan fingerprint density at radius 1 is 0.307 bits per heavy atom. The van der Waals surface area contributed by atoms with Gasteiger partial charge in [-0.05, 0) is 158 Å². The van der Waals surface area contributed by atoms with E-state index in [2.05, 4.69) is 19.6 Å². The van der Waals surface area contributed by atoms with Crippen LogP contribution in [0.2, 0.25) is 0 Å². The summed E-state index contributed by atoms with van der Waals surface area (Å²) in [6.07, 6.45) is 5.78. The summed E-state index contributed by atoms with van der Waals surface area (Å²) in [5.74, 6) is 0. The van der Waals surface area contributed by atoms with Crippen LogP contribution in [0.25, 0.3) is 0 Å². The van der Waals surface area contributed by atoms with E-state index in [1.807, 2.05) is 121 Å². The Kier molecular flexibility index (Phi) is 28.0. The van der Waals surface area contributed by atoms with E-state index in [0.717, 1.165) is 171 Å². The van der Waals surface area contributed by atoms with Crippen molar-refractivity contribution in [3.63, 3.8) is 0 Å². The molecule has 75 heavy (non-hydrogen) atoms. The number of rotatable bonds is 28. The van der Waals surface area contributed by atoms with Gasteiger partial charge in [0.1, 0.15) is 0 Å². The van der Waals surface area contributed by atoms with Crippen LogP contribution in [-0.4, -0.2) is 189 Å². The Labute approximate surface area is 446 Å². The maximum absolute atomic E-state index is 12.3. The molecule has 1 heterocycles. The van der Waals surface area contributed by atoms with Crippen LogP contribution in [0.4, 0.5) is 19.2 Å². The summed E-state index contributed by atoms with van der Waals surface area (Å²) < 4.78 is 0. The topological polar surface area (TPSA) is 175 Å². The van der Waals surface area contributed by atoms with Crippen molar-refractivity contribution in [2.75, 3.05) is 105 Å². The second-order valence-corrected chi connectivity index (χ2v) is 20.0. The molecule has 410 valence electrons. The van der Waals surface area contributed by atoms with Gasteiger partial charge in [0.05, 0.1) is 0 Å². The summed E-state index contributed by atoms with van der Waals surface area (Å²) in [5, 5.41) is 40.2. The number of nitrogens with zero attached hydrogens (tertiary/aromatic N) is 8. The van der Waals surface area contributed by atoms with Crippen LogP contribution >= 0.6 is 0 Å². The largest absolute Gasteiger partial charge is 0.465 e. The molecule has 0 saturated carbocycles. The first-order valence-corrected chi connectivity index (χ1v) is 27.5. The average Bonchev–Trinajstić information content (AvgIpc) is 3.41. The summed E-state index contributed by atoms with van der Waals surface area (Å²) in [5.41, 5.74) is 3.89. The highest BCUT2D eigenvalue weighted by Gasteiger charge is 2.19. The van der Waals surface area contributed by atoms with Crippen LogP contribution in [-0.2, 0) is 26.2 Å². The third kappa shape index (κ3) is 24.8. The van der Waals surface area contributed by atoms with E-state index in [1.165, 1.54) is 19.6 Å². The molecule has 0 aromatic heterocycles. The van der Waals surface area contributed by atoms with Crippen LogP contribution in [0.15, 0.2) is 121 Å². The first kappa shape index (κ1) is 59.7. The molecule has 16 heteroatoms. The molecule has 1 saturated heterocycles. The molecule has 4 N–H and O–H groups in total. The molecule has 0 spiro atoms. The minimum Gasteiger partial charge on any atom is -0.465 e. The highest BCUT2D eigenvalue weighted by atomic mass is 16.4. The number of carboxylic acid groups (broad SMARTS) is 4. The number of unbranched alkanes of at least 4 members (excludes halogenated alkanes) is 4. The summed E-state index contributed by atoms with van der Waals surface area (Å²) in [4.78, 5) is 65.2. The van der Waals surface area contributed by atoms with Gasteiger partial charge in [0.25, 0.3) is 0 Å². The van der Waals surface area contributed by atoms with Gasteiger partial charge in [0.2, 0.25) is 0 Å². The Hall–Kier alpha value is -6.20. The molecular weight excluding hydrogens is 949 g/mol. The molecule has 1 aliphatic heterocycles. The van der Waals surface area contributed by atoms with Gasteiger partial charge in [0, 0.05) is 65.4 Å². The van der Waals surface area contributed by atoms with Crippen molar-refractivity contribution in [1.82, 2.24) is 39.2 Å². The standard InChI is InChI=1S/C59H86N8O8/c68-56(69)64(48-52-24-5-1-6-25-52)42-17-13-32-60-36-21-37-61(33-14-18-43-65(57(70)71)49-53-26-7-2-8-27-53)39-23-41-63(35-16-20-45-67(59(74)75)51-55-30-11-4-12-31-55)47-46-62(40-22-38-60)34-15-19-44-66(58(72)73)50-54-28-9-3-10-29-54/h1-12,24-31H,13-23,32-51H2,(H,68,69)(H,70,71)(H,72,73)(H,74,75). The number of benzene rings is 4. The zero-order chi connectivity index (χ0) is 53.3. The number of carbonyl (C=O) groups is 4. The summed E-state index contributed by atoms with van der Waals surface area (Å²) in [7, 11) is 0. The molecule has 1 fully saturated rings. The van der Waals surface area contributed by atoms with E-state index in [4.69, 9.17) is 0 Å². The molecule has 0 aliphatic carbocycles. The first-order chi connectivity index (χ1) is 36.5. The molecule has 0 bridgehead atoms. The lowest BCUT2D eigenvalue weighted by molar-refractivity contribution is 0.137. The highest BCUT2D eigenvalue weighted by Crippen LogP contribution is 2.14. The van der Waals surface area contributed by atoms with Crippen molar-refractivity contribution < 1.29 is 39.6 Å². The Morgan fingerprint density at radius 2 is 0.507 bits per heavy atom. The zero-order valence-electron chi connectivity index (χ0n) is 44.5. The fourth-order valence-electron chi connectivity index (χ4n) is 9.92. The molecule has 4 aromatic carbocycles. The lowest BCUT2D eigenvalue weighted by Crippen LogP contribution is -2.39. The van der Waals surface area contributed by atoms with Crippen LogP contribution in [0.3, 0.4) is 0 Å². The van der Waals surface area contributed by atoms with Gasteiger partial charge in [0.15, 0.2) is 0 Å². The molecule has 4 amide bonds. The van der Waals surface area contributed by atoms with Gasteiger partial charge in [-0.1, -0.05) is 121 Å². The molecule has 4 aromatic rings. The predicted octanol–water partition coefficient (Wildman–Crippen LogP) is 10.2. The SMILES string of the molecule is O=C(O)N(CCCCN1CCCN(CCCCN(Cc2ccccc2)C(=O)O)CCCN(CCCCN(Cc2ccccc2)C(=O)O)CCN(CCCCN(Cc2ccccc2)C(=O)O)CCC1)Cc1ccccc1. The van der Waals surface area contributed by atoms with E-state index < -0.39 is 24.4 Å². The van der Waals surface area contributed by atoms with Gasteiger partial charge in [-0.15, -0.1) is 0 Å². The van der Waals surface area contributed by atoms with Crippen LogP contribution in [0, 0.1) is 0 Å². The minimum atomic E-state index is -0.913. The predicted molar refractivity (Wildman–Crippen MR) is 296 cm³/mol. The normalized spacial score (nSPS) is 14.8. The Balaban J connectivity index is 1.24. The summed E-state index contributed by atoms with van der Waals surface area (Å²) in [6, 6.07) is 38.9. The number of hydrogen-bond donors (Lipinski definition) is 4. The van der Waals surface area contributed by atoms with Crippen molar-refractivity contribution in [3.8, 4) is 0 Å². The monoisotopic (exact) mass is 1030 g/mol. The van der Waals surface area contributed by atoms with Gasteiger partial charge in [-0.2, -0.15) is 0 Å². The Morgan fingerprint density at radius 3 is 0.707 bits per heavy atom. The molecule has 16 nitrogen and oxygen atoms in total. The molecule has 0 unspecified atom stereocenters. The third-order valence-electron chi connectivity index (χ3n) is 14.1. The van der Waals surface area contributed by atoms with Crippen molar-refractivity contribution in [2.45, 2.75) is 96.8 Å². The fraction of sp³-hybridized carbons (Fsp3) is 0.525. The smallest absolute Gasteiger partial charge is 0.407 e. The zero-order valence-corrected chi connectivity index (χ0v) is 44.5. The molecule has 1 aliphatic rings. The Bertz CT molecular complexity index is 2030. The van der Waals surface area contributed by atoms with E-state index in [-0.39, 0.29) is 0 Å². The lowest BCUT2D eigenvalue weighted by Gasteiger charge is -2.29. The second kappa shape index (κ2) is 35.1. The summed E-state index contributed by atoms with van der Waals surface area (Å²) in [6.45, 7) is 13.9. The molecular formula is C59H86N8O8. The molecule has 0 radical (unpaired) electrons. The molecule has 5 rings (SSSR count). The van der Waals surface area contributed by atoms with Crippen molar-refractivity contribution in [1.29, 1.82) is 0 Å². The van der Waals surface area contributed by atoms with Crippen molar-refractivity contribution >= 4 is 24.4 Å². The average molecular weight is 1040 g/mol. The highest BCUT2D eigenvalue weighted by molar-refractivity contribution is 5.66. The quantitative estimate of drug-likeness (QED) is 0.0397. The molecule has 0 atom stereocenters. The number of hydrogen-bond acceptors (Lipinski definition) is 8. The van der Waals surface area contributed by atoms with E-state index in [0.29, 0.717) is 52.4 Å². The van der Waals surface area contributed by atoms with Crippen LogP contribution < -0.4 is 0 Å². The number of amides is 4. The minimum absolute atomic E-state index is 0.359. The third-order valence-corrected chi connectivity index (χ3v) is 14.1. The van der Waals surface area contributed by atoms with Gasteiger partial charge in [-0.25, -0.2) is 19.2 Å². The maximum Gasteiger partial charge on any atom is 0.407 e. The van der Waals surface area contributed by atoms with Gasteiger partial charge < -0.3 is 59.6 Å². The van der Waals surface area contributed by atoms with E-state index in [1.54, 1.807) is 0 Å². The second-order valence-electron chi connectivity index (χ2n) is 20.0. The van der Waals surface area contributed by atoms with Crippen LogP contribution in [0.5, 0.6) is 0 Å². The van der Waals surface area contributed by atoms with Gasteiger partial charge >= 0.3 is 24.4 Å². The lowest BCUT2D eigenvalue weighted by atomic mass is 10.2. The first-order valence-electron chi connectivity index (χ1n) is 27.5. The fourth-order valence-corrected chi connectivity index (χ4v) is 9.92.